The summed E-state index contributed by atoms with van der Waals surface area (Å²) in [5.41, 5.74) is 2.00. The highest BCUT2D eigenvalue weighted by Gasteiger charge is 2.40. The first-order valence-corrected chi connectivity index (χ1v) is 9.71. The van der Waals surface area contributed by atoms with Gasteiger partial charge in [-0.3, -0.25) is 19.3 Å². The first-order chi connectivity index (χ1) is 14.2. The van der Waals surface area contributed by atoms with Gasteiger partial charge in [0, 0.05) is 23.7 Å². The van der Waals surface area contributed by atoms with E-state index in [4.69, 9.17) is 16.3 Å². The maximum atomic E-state index is 13.1. The van der Waals surface area contributed by atoms with E-state index < -0.39 is 11.8 Å². The molecule has 7 nitrogen and oxygen atoms in total. The van der Waals surface area contributed by atoms with Crippen molar-refractivity contribution in [2.24, 2.45) is 0 Å². The largest absolute Gasteiger partial charge is 0.495 e. The number of nitrogens with zero attached hydrogens (tertiary/aromatic N) is 1. The van der Waals surface area contributed by atoms with Crippen LogP contribution < -0.4 is 15.4 Å². The normalized spacial score (nSPS) is 13.9. The predicted octanol–water partition coefficient (Wildman–Crippen LogP) is 3.91. The van der Waals surface area contributed by atoms with E-state index in [1.165, 1.54) is 18.9 Å². The number of hydrogen-bond donors (Lipinski definition) is 2. The summed E-state index contributed by atoms with van der Waals surface area (Å²) in [6, 6.07) is 11.4. The number of anilines is 2. The van der Waals surface area contributed by atoms with Crippen LogP contribution in [0.4, 0.5) is 11.4 Å². The van der Waals surface area contributed by atoms with Crippen LogP contribution in [-0.4, -0.2) is 35.8 Å². The van der Waals surface area contributed by atoms with Crippen LogP contribution in [0.3, 0.4) is 0 Å². The number of benzene rings is 2. The van der Waals surface area contributed by atoms with Gasteiger partial charge >= 0.3 is 0 Å². The van der Waals surface area contributed by atoms with Crippen molar-refractivity contribution < 1.29 is 19.1 Å². The monoisotopic (exact) mass is 427 g/mol. The zero-order valence-electron chi connectivity index (χ0n) is 17.1. The van der Waals surface area contributed by atoms with Crippen LogP contribution in [0.25, 0.3) is 5.57 Å². The predicted molar refractivity (Wildman–Crippen MR) is 116 cm³/mol. The standard InChI is InChI=1S/C22H22ClN3O4/c1-12(2)26-21(28)19(14-5-8-16(9-6-14)24-13(3)27)20(22(26)29)25-17-11-15(23)7-10-18(17)30-4/h5-12,25H,1-4H3,(H,24,27). The van der Waals surface area contributed by atoms with E-state index >= 15 is 0 Å². The fraction of sp³-hybridized carbons (Fsp3) is 0.227. The van der Waals surface area contributed by atoms with Crippen molar-refractivity contribution in [1.82, 2.24) is 4.90 Å². The van der Waals surface area contributed by atoms with Gasteiger partial charge in [0.2, 0.25) is 5.91 Å². The summed E-state index contributed by atoms with van der Waals surface area (Å²) in [7, 11) is 1.51. The van der Waals surface area contributed by atoms with E-state index in [9.17, 15) is 14.4 Å². The van der Waals surface area contributed by atoms with Crippen LogP contribution in [0.15, 0.2) is 48.2 Å². The van der Waals surface area contributed by atoms with Gasteiger partial charge in [-0.2, -0.15) is 0 Å². The van der Waals surface area contributed by atoms with E-state index in [0.717, 1.165) is 0 Å². The highest BCUT2D eigenvalue weighted by atomic mass is 35.5. The van der Waals surface area contributed by atoms with Crippen LogP contribution in [0.2, 0.25) is 5.02 Å². The summed E-state index contributed by atoms with van der Waals surface area (Å²) in [4.78, 5) is 38.7. The SMILES string of the molecule is COc1ccc(Cl)cc1NC1=C(c2ccc(NC(C)=O)cc2)C(=O)N(C(C)C)C1=O. The van der Waals surface area contributed by atoms with E-state index in [1.54, 1.807) is 56.3 Å². The first kappa shape index (κ1) is 21.4. The molecule has 8 heteroatoms. The van der Waals surface area contributed by atoms with E-state index in [0.29, 0.717) is 27.7 Å². The molecule has 0 fully saturated rings. The number of carbonyl (C=O) groups is 3. The molecule has 0 aliphatic carbocycles. The molecule has 0 atom stereocenters. The van der Waals surface area contributed by atoms with E-state index in [1.807, 2.05) is 0 Å². The molecule has 0 unspecified atom stereocenters. The molecule has 1 aliphatic rings. The smallest absolute Gasteiger partial charge is 0.278 e. The zero-order chi connectivity index (χ0) is 22.0. The van der Waals surface area contributed by atoms with Crippen molar-refractivity contribution >= 4 is 46.3 Å². The van der Waals surface area contributed by atoms with Gasteiger partial charge < -0.3 is 15.4 Å². The highest BCUT2D eigenvalue weighted by Crippen LogP contribution is 2.35. The van der Waals surface area contributed by atoms with Gasteiger partial charge in [-0.25, -0.2) is 0 Å². The van der Waals surface area contributed by atoms with Crippen molar-refractivity contribution in [1.29, 1.82) is 0 Å². The third-order valence-electron chi connectivity index (χ3n) is 4.55. The number of rotatable bonds is 6. The minimum absolute atomic E-state index is 0.140. The molecule has 0 aromatic heterocycles. The Balaban J connectivity index is 2.09. The number of methoxy groups -OCH3 is 1. The van der Waals surface area contributed by atoms with Gasteiger partial charge in [-0.15, -0.1) is 0 Å². The summed E-state index contributed by atoms with van der Waals surface area (Å²) in [6.45, 7) is 4.96. The lowest BCUT2D eigenvalue weighted by Gasteiger charge is -2.19. The molecule has 2 aromatic carbocycles. The molecule has 2 aromatic rings. The lowest BCUT2D eigenvalue weighted by Crippen LogP contribution is -2.38. The minimum atomic E-state index is -0.432. The third kappa shape index (κ3) is 4.16. The average molecular weight is 428 g/mol. The van der Waals surface area contributed by atoms with Gasteiger partial charge in [-0.1, -0.05) is 23.7 Å². The number of carbonyl (C=O) groups excluding carboxylic acids is 3. The fourth-order valence-electron chi connectivity index (χ4n) is 3.24. The molecule has 156 valence electrons. The molecule has 2 N–H and O–H groups in total. The van der Waals surface area contributed by atoms with E-state index in [-0.39, 0.29) is 23.2 Å². The highest BCUT2D eigenvalue weighted by molar-refractivity contribution is 6.37. The van der Waals surface area contributed by atoms with Crippen molar-refractivity contribution in [3.05, 3.63) is 58.7 Å². The number of amides is 3. The maximum absolute atomic E-state index is 13.1. The van der Waals surface area contributed by atoms with Crippen molar-refractivity contribution in [2.45, 2.75) is 26.8 Å². The summed E-state index contributed by atoms with van der Waals surface area (Å²) in [5.74, 6) is -0.547. The van der Waals surface area contributed by atoms with Gasteiger partial charge in [0.1, 0.15) is 11.4 Å². The lowest BCUT2D eigenvalue weighted by molar-refractivity contribution is -0.138. The summed E-state index contributed by atoms with van der Waals surface area (Å²) in [5, 5.41) is 6.18. The van der Waals surface area contributed by atoms with Crippen LogP contribution in [0.5, 0.6) is 5.75 Å². The van der Waals surface area contributed by atoms with Gasteiger partial charge in [0.05, 0.1) is 18.4 Å². The molecule has 0 saturated heterocycles. The second-order valence-corrected chi connectivity index (χ2v) is 7.49. The topological polar surface area (TPSA) is 87.7 Å². The van der Waals surface area contributed by atoms with Crippen molar-refractivity contribution in [3.8, 4) is 5.75 Å². The Kier molecular flexibility index (Phi) is 6.12. The zero-order valence-corrected chi connectivity index (χ0v) is 17.8. The Morgan fingerprint density at radius 1 is 1.07 bits per heavy atom. The van der Waals surface area contributed by atoms with Gasteiger partial charge in [-0.05, 0) is 49.7 Å². The number of hydrogen-bond acceptors (Lipinski definition) is 5. The number of ether oxygens (including phenoxy) is 1. The second kappa shape index (κ2) is 8.59. The van der Waals surface area contributed by atoms with Crippen molar-refractivity contribution in [3.63, 3.8) is 0 Å². The van der Waals surface area contributed by atoms with Crippen LogP contribution in [-0.2, 0) is 14.4 Å². The molecule has 3 amide bonds. The third-order valence-corrected chi connectivity index (χ3v) is 4.78. The molecule has 30 heavy (non-hydrogen) atoms. The Bertz CT molecular complexity index is 1040. The van der Waals surface area contributed by atoms with Crippen LogP contribution in [0.1, 0.15) is 26.3 Å². The minimum Gasteiger partial charge on any atom is -0.495 e. The van der Waals surface area contributed by atoms with Crippen LogP contribution >= 0.6 is 11.6 Å². The van der Waals surface area contributed by atoms with Crippen molar-refractivity contribution in [2.75, 3.05) is 17.7 Å². The summed E-state index contributed by atoms with van der Waals surface area (Å²) >= 11 is 6.11. The molecule has 3 rings (SSSR count). The molecule has 0 bridgehead atoms. The fourth-order valence-corrected chi connectivity index (χ4v) is 3.41. The van der Waals surface area contributed by atoms with Gasteiger partial charge in [0.25, 0.3) is 11.8 Å². The number of imide groups is 1. The molecule has 1 heterocycles. The second-order valence-electron chi connectivity index (χ2n) is 7.05. The summed E-state index contributed by atoms with van der Waals surface area (Å²) < 4.78 is 5.35. The van der Waals surface area contributed by atoms with Crippen LogP contribution in [0, 0.1) is 0 Å². The molecular weight excluding hydrogens is 406 g/mol. The summed E-state index contributed by atoms with van der Waals surface area (Å²) in [6.07, 6.45) is 0. The first-order valence-electron chi connectivity index (χ1n) is 9.33. The Morgan fingerprint density at radius 2 is 1.73 bits per heavy atom. The van der Waals surface area contributed by atoms with Gasteiger partial charge in [0.15, 0.2) is 0 Å². The Morgan fingerprint density at radius 3 is 2.30 bits per heavy atom. The molecular formula is C22H22ClN3O4. The average Bonchev–Trinajstić information content (AvgIpc) is 2.92. The number of nitrogens with one attached hydrogen (secondary N) is 2. The Labute approximate surface area is 179 Å². The molecule has 1 aliphatic heterocycles. The van der Waals surface area contributed by atoms with E-state index in [2.05, 4.69) is 10.6 Å². The maximum Gasteiger partial charge on any atom is 0.278 e. The number of halogens is 1. The molecule has 0 radical (unpaired) electrons. The molecule has 0 spiro atoms. The Hall–Kier alpha value is -3.32. The lowest BCUT2D eigenvalue weighted by atomic mass is 10.0. The quantitative estimate of drug-likeness (QED) is 0.682. The molecule has 0 saturated carbocycles.